The third-order valence-electron chi connectivity index (χ3n) is 5.20. The fourth-order valence-electron chi connectivity index (χ4n) is 3.51. The number of nitrogens with zero attached hydrogens (tertiary/aromatic N) is 4. The molecule has 3 heterocycles. The number of amides is 1. The van der Waals surface area contributed by atoms with Crippen molar-refractivity contribution in [2.45, 2.75) is 0 Å². The molecule has 2 aromatic heterocycles. The topological polar surface area (TPSA) is 93.4 Å². The van der Waals surface area contributed by atoms with Gasteiger partial charge in [0.2, 0.25) is 0 Å². The Morgan fingerprint density at radius 3 is 2.47 bits per heavy atom. The highest BCUT2D eigenvalue weighted by atomic mass is 16.5. The average Bonchev–Trinajstić information content (AvgIpc) is 3.36. The first-order chi connectivity index (χ1) is 15.8. The van der Waals surface area contributed by atoms with Crippen LogP contribution in [-0.2, 0) is 4.74 Å². The number of carbonyl (C=O) groups is 1. The number of anilines is 2. The van der Waals surface area contributed by atoms with Crippen molar-refractivity contribution in [1.29, 1.82) is 0 Å². The summed E-state index contributed by atoms with van der Waals surface area (Å²) in [6.45, 7) is 3.01. The predicted octanol–water partition coefficient (Wildman–Crippen LogP) is 3.89. The molecule has 8 heteroatoms. The van der Waals surface area contributed by atoms with Crippen LogP contribution in [0.25, 0.3) is 22.6 Å². The van der Waals surface area contributed by atoms with Crippen molar-refractivity contribution < 1.29 is 14.1 Å². The maximum Gasteiger partial charge on any atom is 0.277 e. The Bertz CT molecular complexity index is 1200. The smallest absolute Gasteiger partial charge is 0.277 e. The van der Waals surface area contributed by atoms with E-state index in [1.165, 1.54) is 0 Å². The number of rotatable bonds is 5. The van der Waals surface area contributed by atoms with Crippen LogP contribution in [0.4, 0.5) is 11.5 Å². The monoisotopic (exact) mass is 427 g/mol. The first-order valence-corrected chi connectivity index (χ1v) is 10.4. The molecule has 5 rings (SSSR count). The van der Waals surface area contributed by atoms with Crippen LogP contribution in [0.3, 0.4) is 0 Å². The van der Waals surface area contributed by atoms with E-state index in [2.05, 4.69) is 25.6 Å². The summed E-state index contributed by atoms with van der Waals surface area (Å²) in [4.78, 5) is 14.8. The molecule has 0 radical (unpaired) electrons. The second-order valence-corrected chi connectivity index (χ2v) is 7.35. The molecule has 0 spiro atoms. The minimum absolute atomic E-state index is 0.212. The number of morpholine rings is 1. The first-order valence-electron chi connectivity index (χ1n) is 10.4. The van der Waals surface area contributed by atoms with Crippen molar-refractivity contribution in [3.8, 4) is 22.6 Å². The summed E-state index contributed by atoms with van der Waals surface area (Å²) in [5, 5.41) is 15.5. The number of ether oxygens (including phenoxy) is 1. The SMILES string of the molecule is O=C(Nc1cccc(-c2ccc(N3CCOCC3)nn2)c1)c1cc(-c2ccccc2)on1. The Labute approximate surface area is 184 Å². The molecule has 32 heavy (non-hydrogen) atoms. The van der Waals surface area contributed by atoms with E-state index in [1.54, 1.807) is 6.07 Å². The maximum atomic E-state index is 12.6. The van der Waals surface area contributed by atoms with Crippen LogP contribution in [0.15, 0.2) is 77.3 Å². The summed E-state index contributed by atoms with van der Waals surface area (Å²) < 4.78 is 10.7. The number of aromatic nitrogens is 3. The van der Waals surface area contributed by atoms with Gasteiger partial charge in [-0.3, -0.25) is 4.79 Å². The first kappa shape index (κ1) is 19.9. The highest BCUT2D eigenvalue weighted by Crippen LogP contribution is 2.24. The second-order valence-electron chi connectivity index (χ2n) is 7.35. The zero-order valence-corrected chi connectivity index (χ0v) is 17.3. The molecule has 0 atom stereocenters. The molecular formula is C24H21N5O3. The Hall–Kier alpha value is -4.04. The minimum atomic E-state index is -0.346. The van der Waals surface area contributed by atoms with E-state index in [1.807, 2.05) is 66.7 Å². The van der Waals surface area contributed by atoms with E-state index in [4.69, 9.17) is 9.26 Å². The Morgan fingerprint density at radius 2 is 1.69 bits per heavy atom. The quantitative estimate of drug-likeness (QED) is 0.516. The zero-order chi connectivity index (χ0) is 21.8. The Balaban J connectivity index is 1.29. The lowest BCUT2D eigenvalue weighted by molar-refractivity contribution is 0.101. The van der Waals surface area contributed by atoms with E-state index < -0.39 is 0 Å². The summed E-state index contributed by atoms with van der Waals surface area (Å²) in [6, 6.07) is 22.5. The van der Waals surface area contributed by atoms with Gasteiger partial charge in [0, 0.05) is 36.0 Å². The summed E-state index contributed by atoms with van der Waals surface area (Å²) >= 11 is 0. The van der Waals surface area contributed by atoms with Gasteiger partial charge in [0.15, 0.2) is 17.3 Å². The molecule has 1 aliphatic heterocycles. The van der Waals surface area contributed by atoms with Gasteiger partial charge in [-0.25, -0.2) is 0 Å². The lowest BCUT2D eigenvalue weighted by atomic mass is 10.1. The van der Waals surface area contributed by atoms with Crippen molar-refractivity contribution in [3.63, 3.8) is 0 Å². The van der Waals surface area contributed by atoms with Crippen molar-refractivity contribution in [2.75, 3.05) is 36.5 Å². The second kappa shape index (κ2) is 8.99. The van der Waals surface area contributed by atoms with E-state index in [0.717, 1.165) is 35.7 Å². The molecule has 0 saturated carbocycles. The molecule has 1 aliphatic rings. The zero-order valence-electron chi connectivity index (χ0n) is 17.3. The van der Waals surface area contributed by atoms with Crippen LogP contribution in [0.1, 0.15) is 10.5 Å². The molecule has 1 N–H and O–H groups in total. The van der Waals surface area contributed by atoms with Crippen molar-refractivity contribution in [3.05, 3.63) is 78.5 Å². The number of benzene rings is 2. The summed E-state index contributed by atoms with van der Waals surface area (Å²) in [7, 11) is 0. The van der Waals surface area contributed by atoms with Gasteiger partial charge in [0.25, 0.3) is 5.91 Å². The third kappa shape index (κ3) is 4.35. The van der Waals surface area contributed by atoms with Crippen LogP contribution in [-0.4, -0.2) is 47.6 Å². The van der Waals surface area contributed by atoms with Gasteiger partial charge in [-0.1, -0.05) is 47.6 Å². The van der Waals surface area contributed by atoms with Gasteiger partial charge in [-0.2, -0.15) is 0 Å². The van der Waals surface area contributed by atoms with Crippen molar-refractivity contribution in [2.24, 2.45) is 0 Å². The fourth-order valence-corrected chi connectivity index (χ4v) is 3.51. The van der Waals surface area contributed by atoms with Crippen LogP contribution in [0.5, 0.6) is 0 Å². The average molecular weight is 427 g/mol. The molecule has 0 bridgehead atoms. The summed E-state index contributed by atoms with van der Waals surface area (Å²) in [5.74, 6) is 1.03. The normalized spacial score (nSPS) is 13.7. The van der Waals surface area contributed by atoms with Crippen LogP contribution < -0.4 is 10.2 Å². The number of carbonyl (C=O) groups excluding carboxylic acids is 1. The molecule has 0 unspecified atom stereocenters. The third-order valence-corrected chi connectivity index (χ3v) is 5.20. The molecule has 0 aliphatic carbocycles. The fraction of sp³-hybridized carbons (Fsp3) is 0.167. The van der Waals surface area contributed by atoms with Crippen molar-refractivity contribution in [1.82, 2.24) is 15.4 Å². The number of hydrogen-bond donors (Lipinski definition) is 1. The lowest BCUT2D eigenvalue weighted by Gasteiger charge is -2.27. The van der Waals surface area contributed by atoms with E-state index in [0.29, 0.717) is 24.7 Å². The van der Waals surface area contributed by atoms with Gasteiger partial charge < -0.3 is 19.5 Å². The molecule has 2 aromatic carbocycles. The molecular weight excluding hydrogens is 406 g/mol. The van der Waals surface area contributed by atoms with Crippen LogP contribution >= 0.6 is 0 Å². The van der Waals surface area contributed by atoms with Gasteiger partial charge in [-0.15, -0.1) is 10.2 Å². The minimum Gasteiger partial charge on any atom is -0.378 e. The Kier molecular flexibility index (Phi) is 5.59. The number of nitrogens with one attached hydrogen (secondary N) is 1. The molecule has 8 nitrogen and oxygen atoms in total. The van der Waals surface area contributed by atoms with Gasteiger partial charge in [0.05, 0.1) is 18.9 Å². The van der Waals surface area contributed by atoms with E-state index in [-0.39, 0.29) is 11.6 Å². The molecule has 1 fully saturated rings. The van der Waals surface area contributed by atoms with Crippen LogP contribution in [0.2, 0.25) is 0 Å². The number of hydrogen-bond acceptors (Lipinski definition) is 7. The largest absolute Gasteiger partial charge is 0.378 e. The van der Waals surface area contributed by atoms with E-state index >= 15 is 0 Å². The predicted molar refractivity (Wildman–Crippen MR) is 120 cm³/mol. The van der Waals surface area contributed by atoms with Gasteiger partial charge >= 0.3 is 0 Å². The van der Waals surface area contributed by atoms with Gasteiger partial charge in [-0.05, 0) is 24.3 Å². The molecule has 160 valence electrons. The molecule has 1 amide bonds. The van der Waals surface area contributed by atoms with Gasteiger partial charge in [0.1, 0.15) is 0 Å². The Morgan fingerprint density at radius 1 is 0.875 bits per heavy atom. The summed E-state index contributed by atoms with van der Waals surface area (Å²) in [6.07, 6.45) is 0. The van der Waals surface area contributed by atoms with Crippen molar-refractivity contribution >= 4 is 17.4 Å². The summed E-state index contributed by atoms with van der Waals surface area (Å²) in [5.41, 5.74) is 3.29. The van der Waals surface area contributed by atoms with Crippen LogP contribution in [0, 0.1) is 0 Å². The standard InChI is InChI=1S/C24H21N5O3/c30-24(21-16-22(32-28-21)17-5-2-1-3-6-17)25-19-8-4-7-18(15-19)20-9-10-23(27-26-20)29-11-13-31-14-12-29/h1-10,15-16H,11-14H2,(H,25,30). The molecule has 1 saturated heterocycles. The molecule has 4 aromatic rings. The highest BCUT2D eigenvalue weighted by molar-refractivity contribution is 6.03. The maximum absolute atomic E-state index is 12.6. The highest BCUT2D eigenvalue weighted by Gasteiger charge is 2.15. The van der Waals surface area contributed by atoms with E-state index in [9.17, 15) is 4.79 Å². The lowest BCUT2D eigenvalue weighted by Crippen LogP contribution is -2.36.